The third kappa shape index (κ3) is 6.49. The van der Waals surface area contributed by atoms with Gasteiger partial charge in [0.15, 0.2) is 8.32 Å². The Bertz CT molecular complexity index is 263. The van der Waals surface area contributed by atoms with Crippen LogP contribution in [-0.2, 0) is 9.22 Å². The molecule has 1 unspecified atom stereocenters. The monoisotopic (exact) mass is 277 g/mol. The minimum absolute atomic E-state index is 0.0753. The summed E-state index contributed by atoms with van der Waals surface area (Å²) in [6.45, 7) is 11.2. The van der Waals surface area contributed by atoms with E-state index in [1.165, 1.54) is 0 Å². The third-order valence-electron chi connectivity index (χ3n) is 3.50. The highest BCUT2D eigenvalue weighted by molar-refractivity contribution is 6.74. The lowest BCUT2D eigenvalue weighted by molar-refractivity contribution is -0.136. The predicted molar refractivity (Wildman–Crippen MR) is 74.3 cm³/mol. The molecule has 0 amide bonds. The molecule has 0 aromatic heterocycles. The van der Waals surface area contributed by atoms with Crippen LogP contribution in [0.1, 0.15) is 27.2 Å². The molecule has 0 bridgehead atoms. The van der Waals surface area contributed by atoms with Crippen LogP contribution in [0.3, 0.4) is 0 Å². The first-order valence-corrected chi connectivity index (χ1v) is 9.21. The molecule has 0 aliphatic carbocycles. The quantitative estimate of drug-likeness (QED) is 0.585. The van der Waals surface area contributed by atoms with E-state index in [4.69, 9.17) is 14.6 Å². The van der Waals surface area contributed by atoms with Crippen LogP contribution in [0.4, 0.5) is 0 Å². The molecule has 1 atom stereocenters. The van der Waals surface area contributed by atoms with Crippen LogP contribution in [-0.4, -0.2) is 50.3 Å². The van der Waals surface area contributed by atoms with E-state index in [2.05, 4.69) is 39.2 Å². The minimum atomic E-state index is -1.75. The van der Waals surface area contributed by atoms with Crippen molar-refractivity contribution in [2.45, 2.75) is 51.4 Å². The molecule has 3 N–H and O–H groups in total. The van der Waals surface area contributed by atoms with Gasteiger partial charge in [0.1, 0.15) is 0 Å². The average Bonchev–Trinajstić information content (AvgIpc) is 2.20. The molecule has 0 fully saturated rings. The standard InChI is InChI=1S/C12H27NO4Si/c1-12(2,3)18(4,5)17-7-6-10(9-14)13-8-11(15)16/h10,13-14H,6-9H2,1-5H3,(H,15,16). The smallest absolute Gasteiger partial charge is 0.317 e. The maximum absolute atomic E-state index is 10.4. The van der Waals surface area contributed by atoms with Crippen molar-refractivity contribution >= 4 is 14.3 Å². The number of rotatable bonds is 8. The molecule has 18 heavy (non-hydrogen) atoms. The Labute approximate surface area is 111 Å². The predicted octanol–water partition coefficient (Wildman–Crippen LogP) is 1.43. The Morgan fingerprint density at radius 3 is 2.33 bits per heavy atom. The molecule has 0 radical (unpaired) electrons. The summed E-state index contributed by atoms with van der Waals surface area (Å²) in [4.78, 5) is 10.4. The molecule has 0 saturated carbocycles. The van der Waals surface area contributed by atoms with Gasteiger partial charge in [-0.2, -0.15) is 0 Å². The fraction of sp³-hybridized carbons (Fsp3) is 0.917. The van der Waals surface area contributed by atoms with Crippen molar-refractivity contribution in [3.8, 4) is 0 Å². The number of carbonyl (C=O) groups is 1. The molecular weight excluding hydrogens is 250 g/mol. The van der Waals surface area contributed by atoms with Gasteiger partial charge in [0, 0.05) is 12.6 Å². The van der Waals surface area contributed by atoms with Crippen molar-refractivity contribution < 1.29 is 19.4 Å². The fourth-order valence-electron chi connectivity index (χ4n) is 1.16. The largest absolute Gasteiger partial charge is 0.480 e. The molecule has 0 saturated heterocycles. The lowest BCUT2D eigenvalue weighted by atomic mass is 10.2. The number of carboxylic acid groups (broad SMARTS) is 1. The van der Waals surface area contributed by atoms with E-state index < -0.39 is 14.3 Å². The van der Waals surface area contributed by atoms with Gasteiger partial charge in [-0.1, -0.05) is 20.8 Å². The Morgan fingerprint density at radius 1 is 1.39 bits per heavy atom. The third-order valence-corrected chi connectivity index (χ3v) is 8.04. The number of aliphatic hydroxyl groups excluding tert-OH is 1. The SMILES string of the molecule is CC(C)(C)[Si](C)(C)OCCC(CO)NCC(=O)O. The Hall–Kier alpha value is -0.433. The van der Waals surface area contributed by atoms with Gasteiger partial charge < -0.3 is 20.0 Å². The van der Waals surface area contributed by atoms with Crippen molar-refractivity contribution in [1.29, 1.82) is 0 Å². The van der Waals surface area contributed by atoms with E-state index in [9.17, 15) is 4.79 Å². The van der Waals surface area contributed by atoms with Gasteiger partial charge >= 0.3 is 5.97 Å². The van der Waals surface area contributed by atoms with Crippen LogP contribution >= 0.6 is 0 Å². The van der Waals surface area contributed by atoms with Crippen molar-refractivity contribution in [2.75, 3.05) is 19.8 Å². The number of carboxylic acids is 1. The van der Waals surface area contributed by atoms with Gasteiger partial charge in [0.2, 0.25) is 0 Å². The van der Waals surface area contributed by atoms with Gasteiger partial charge in [0.05, 0.1) is 13.2 Å². The minimum Gasteiger partial charge on any atom is -0.480 e. The molecule has 0 spiro atoms. The summed E-state index contributed by atoms with van der Waals surface area (Å²) in [5.74, 6) is -0.918. The molecule has 0 aromatic rings. The van der Waals surface area contributed by atoms with E-state index in [1.54, 1.807) is 0 Å². The van der Waals surface area contributed by atoms with Crippen LogP contribution in [0.25, 0.3) is 0 Å². The van der Waals surface area contributed by atoms with E-state index in [0.717, 1.165) is 0 Å². The lowest BCUT2D eigenvalue weighted by Crippen LogP contribution is -2.43. The molecule has 5 nitrogen and oxygen atoms in total. The Morgan fingerprint density at radius 2 is 1.94 bits per heavy atom. The zero-order valence-electron chi connectivity index (χ0n) is 12.1. The number of hydrogen-bond acceptors (Lipinski definition) is 4. The first-order chi connectivity index (χ1) is 8.10. The summed E-state index contributed by atoms with van der Waals surface area (Å²) in [7, 11) is -1.75. The second-order valence-electron chi connectivity index (χ2n) is 6.05. The van der Waals surface area contributed by atoms with Gasteiger partial charge in [-0.3, -0.25) is 4.79 Å². The molecule has 0 aromatic carbocycles. The first-order valence-electron chi connectivity index (χ1n) is 6.30. The maximum atomic E-state index is 10.4. The zero-order valence-corrected chi connectivity index (χ0v) is 13.1. The number of nitrogens with one attached hydrogen (secondary N) is 1. The van der Waals surface area contributed by atoms with Crippen LogP contribution in [0.5, 0.6) is 0 Å². The van der Waals surface area contributed by atoms with E-state index in [-0.39, 0.29) is 24.2 Å². The molecule has 0 heterocycles. The summed E-state index contributed by atoms with van der Waals surface area (Å²) in [5.41, 5.74) is 0. The average molecular weight is 277 g/mol. The highest BCUT2D eigenvalue weighted by atomic mass is 28.4. The van der Waals surface area contributed by atoms with Crippen molar-refractivity contribution in [1.82, 2.24) is 5.32 Å². The zero-order chi connectivity index (χ0) is 14.4. The van der Waals surface area contributed by atoms with Crippen LogP contribution in [0.15, 0.2) is 0 Å². The highest BCUT2D eigenvalue weighted by Gasteiger charge is 2.36. The summed E-state index contributed by atoms with van der Waals surface area (Å²) >= 11 is 0. The second-order valence-corrected chi connectivity index (χ2v) is 10.9. The van der Waals surface area contributed by atoms with Crippen LogP contribution in [0.2, 0.25) is 18.1 Å². The van der Waals surface area contributed by atoms with E-state index in [0.29, 0.717) is 13.0 Å². The van der Waals surface area contributed by atoms with Gasteiger partial charge in [0.25, 0.3) is 0 Å². The summed E-state index contributed by atoms with van der Waals surface area (Å²) < 4.78 is 5.97. The summed E-state index contributed by atoms with van der Waals surface area (Å²) in [5, 5.41) is 20.6. The number of aliphatic carboxylic acids is 1. The van der Waals surface area contributed by atoms with Crippen LogP contribution in [0, 0.1) is 0 Å². The molecule has 0 aliphatic heterocycles. The van der Waals surface area contributed by atoms with Gasteiger partial charge in [-0.25, -0.2) is 0 Å². The van der Waals surface area contributed by atoms with Crippen molar-refractivity contribution in [3.05, 3.63) is 0 Å². The molecular formula is C12H27NO4Si. The van der Waals surface area contributed by atoms with E-state index in [1.807, 2.05) is 0 Å². The Kier molecular flexibility index (Phi) is 7.05. The van der Waals surface area contributed by atoms with Gasteiger partial charge in [-0.05, 0) is 24.6 Å². The lowest BCUT2D eigenvalue weighted by Gasteiger charge is -2.36. The summed E-state index contributed by atoms with van der Waals surface area (Å²) in [6.07, 6.45) is 0.621. The number of aliphatic hydroxyl groups is 1. The van der Waals surface area contributed by atoms with Crippen molar-refractivity contribution in [3.63, 3.8) is 0 Å². The Balaban J connectivity index is 4.04. The normalized spacial score (nSPS) is 14.6. The van der Waals surface area contributed by atoms with E-state index >= 15 is 0 Å². The second kappa shape index (κ2) is 7.23. The molecule has 0 aliphatic rings. The van der Waals surface area contributed by atoms with Crippen LogP contribution < -0.4 is 5.32 Å². The maximum Gasteiger partial charge on any atom is 0.317 e. The molecule has 0 rings (SSSR count). The molecule has 108 valence electrons. The van der Waals surface area contributed by atoms with Crippen molar-refractivity contribution in [2.24, 2.45) is 0 Å². The van der Waals surface area contributed by atoms with Gasteiger partial charge in [-0.15, -0.1) is 0 Å². The topological polar surface area (TPSA) is 78.8 Å². The first kappa shape index (κ1) is 17.6. The summed E-state index contributed by atoms with van der Waals surface area (Å²) in [6, 6.07) is -0.217. The highest BCUT2D eigenvalue weighted by Crippen LogP contribution is 2.36. The fourth-order valence-corrected chi connectivity index (χ4v) is 2.22. The molecule has 6 heteroatoms. The number of hydrogen-bond donors (Lipinski definition) is 3.